The standard InChI is InChI=1S/C17H16F3NO2/c1-12-6-8-13(9-7-12)23-11-10-16(22)21-15-5-3-2-4-14(15)17(18,19)20/h2-9H,10-11H2,1H3,(H,21,22). The van der Waals surface area contributed by atoms with Crippen molar-refractivity contribution < 1.29 is 22.7 Å². The SMILES string of the molecule is Cc1ccc(OCCC(=O)Nc2ccccc2C(F)(F)F)cc1. The van der Waals surface area contributed by atoms with E-state index in [4.69, 9.17) is 4.74 Å². The summed E-state index contributed by atoms with van der Waals surface area (Å²) in [6, 6.07) is 12.1. The number of halogens is 3. The fraction of sp³-hybridized carbons (Fsp3) is 0.235. The summed E-state index contributed by atoms with van der Waals surface area (Å²) in [6.45, 7) is 2.03. The van der Waals surface area contributed by atoms with Gasteiger partial charge in [-0.15, -0.1) is 0 Å². The van der Waals surface area contributed by atoms with Crippen molar-refractivity contribution in [3.05, 3.63) is 59.7 Å². The molecule has 0 atom stereocenters. The fourth-order valence-electron chi connectivity index (χ4n) is 1.95. The summed E-state index contributed by atoms with van der Waals surface area (Å²) in [5, 5.41) is 2.27. The Hall–Kier alpha value is -2.50. The molecule has 0 fully saturated rings. The van der Waals surface area contributed by atoms with Gasteiger partial charge in [0.25, 0.3) is 0 Å². The average molecular weight is 323 g/mol. The highest BCUT2D eigenvalue weighted by molar-refractivity contribution is 5.91. The molecule has 0 saturated carbocycles. The van der Waals surface area contributed by atoms with E-state index >= 15 is 0 Å². The molecule has 0 aliphatic rings. The number of para-hydroxylation sites is 1. The van der Waals surface area contributed by atoms with Gasteiger partial charge >= 0.3 is 6.18 Å². The van der Waals surface area contributed by atoms with Crippen LogP contribution in [0.5, 0.6) is 5.75 Å². The monoisotopic (exact) mass is 323 g/mol. The van der Waals surface area contributed by atoms with Gasteiger partial charge in [-0.05, 0) is 31.2 Å². The molecule has 0 aliphatic heterocycles. The molecule has 0 unspecified atom stereocenters. The quantitative estimate of drug-likeness (QED) is 0.884. The maximum Gasteiger partial charge on any atom is 0.418 e. The summed E-state index contributed by atoms with van der Waals surface area (Å²) in [5.74, 6) is 0.0768. The minimum Gasteiger partial charge on any atom is -0.493 e. The van der Waals surface area contributed by atoms with Gasteiger partial charge in [0, 0.05) is 0 Å². The predicted octanol–water partition coefficient (Wildman–Crippen LogP) is 4.42. The van der Waals surface area contributed by atoms with Crippen molar-refractivity contribution in [2.75, 3.05) is 11.9 Å². The molecule has 1 amide bonds. The van der Waals surface area contributed by atoms with Gasteiger partial charge in [0.05, 0.1) is 24.3 Å². The summed E-state index contributed by atoms with van der Waals surface area (Å²) in [4.78, 5) is 11.8. The van der Waals surface area contributed by atoms with Gasteiger partial charge in [-0.3, -0.25) is 4.79 Å². The lowest BCUT2D eigenvalue weighted by atomic mass is 10.1. The molecule has 122 valence electrons. The molecule has 2 aromatic rings. The second kappa shape index (κ2) is 7.17. The number of aryl methyl sites for hydroxylation is 1. The second-order valence-corrected chi connectivity index (χ2v) is 5.00. The van der Waals surface area contributed by atoms with Crippen LogP contribution in [0, 0.1) is 6.92 Å². The van der Waals surface area contributed by atoms with E-state index in [0.29, 0.717) is 5.75 Å². The largest absolute Gasteiger partial charge is 0.493 e. The van der Waals surface area contributed by atoms with Crippen molar-refractivity contribution in [2.24, 2.45) is 0 Å². The Bertz CT molecular complexity index is 666. The van der Waals surface area contributed by atoms with Crippen molar-refractivity contribution >= 4 is 11.6 Å². The lowest BCUT2D eigenvalue weighted by molar-refractivity contribution is -0.137. The first-order valence-corrected chi connectivity index (χ1v) is 7.02. The average Bonchev–Trinajstić information content (AvgIpc) is 2.49. The van der Waals surface area contributed by atoms with Gasteiger partial charge in [0.15, 0.2) is 0 Å². The summed E-state index contributed by atoms with van der Waals surface area (Å²) in [6.07, 6.45) is -4.55. The lowest BCUT2D eigenvalue weighted by Gasteiger charge is -2.13. The van der Waals surface area contributed by atoms with Gasteiger partial charge < -0.3 is 10.1 Å². The minimum atomic E-state index is -4.51. The molecule has 0 aliphatic carbocycles. The van der Waals surface area contributed by atoms with Crippen molar-refractivity contribution in [1.29, 1.82) is 0 Å². The van der Waals surface area contributed by atoms with Crippen LogP contribution in [0.2, 0.25) is 0 Å². The third-order valence-electron chi connectivity index (χ3n) is 3.13. The Morgan fingerprint density at radius 3 is 2.39 bits per heavy atom. The molecule has 0 saturated heterocycles. The van der Waals surface area contributed by atoms with Crippen LogP contribution in [0.25, 0.3) is 0 Å². The normalized spacial score (nSPS) is 11.1. The van der Waals surface area contributed by atoms with Crippen LogP contribution in [0.4, 0.5) is 18.9 Å². The van der Waals surface area contributed by atoms with Crippen molar-refractivity contribution in [2.45, 2.75) is 19.5 Å². The summed E-state index contributed by atoms with van der Waals surface area (Å²) in [5.41, 5.74) is -0.0352. The third-order valence-corrected chi connectivity index (χ3v) is 3.13. The van der Waals surface area contributed by atoms with Gasteiger partial charge in [0.2, 0.25) is 5.91 Å². The molecule has 0 radical (unpaired) electrons. The lowest BCUT2D eigenvalue weighted by Crippen LogP contribution is -2.18. The number of carbonyl (C=O) groups is 1. The Kier molecular flexibility index (Phi) is 5.26. The molecule has 0 spiro atoms. The molecule has 0 aromatic heterocycles. The molecule has 1 N–H and O–H groups in total. The Balaban J connectivity index is 1.89. The highest BCUT2D eigenvalue weighted by Gasteiger charge is 2.33. The van der Waals surface area contributed by atoms with E-state index in [2.05, 4.69) is 5.32 Å². The second-order valence-electron chi connectivity index (χ2n) is 5.00. The number of carbonyl (C=O) groups excluding carboxylic acids is 1. The Morgan fingerprint density at radius 1 is 1.09 bits per heavy atom. The fourth-order valence-corrected chi connectivity index (χ4v) is 1.95. The summed E-state index contributed by atoms with van der Waals surface area (Å²) < 4.78 is 43.9. The smallest absolute Gasteiger partial charge is 0.418 e. The van der Waals surface area contributed by atoms with E-state index in [1.54, 1.807) is 12.1 Å². The number of anilines is 1. The van der Waals surface area contributed by atoms with Crippen LogP contribution in [0.3, 0.4) is 0 Å². The number of hydrogen-bond donors (Lipinski definition) is 1. The Morgan fingerprint density at radius 2 is 1.74 bits per heavy atom. The van der Waals surface area contributed by atoms with Crippen molar-refractivity contribution in [3.63, 3.8) is 0 Å². The molecule has 0 bridgehead atoms. The zero-order valence-corrected chi connectivity index (χ0v) is 12.5. The number of benzene rings is 2. The summed E-state index contributed by atoms with van der Waals surface area (Å²) in [7, 11) is 0. The highest BCUT2D eigenvalue weighted by Crippen LogP contribution is 2.34. The van der Waals surface area contributed by atoms with Crippen LogP contribution in [0.15, 0.2) is 48.5 Å². The molecule has 2 aromatic carbocycles. The van der Waals surface area contributed by atoms with E-state index in [-0.39, 0.29) is 18.7 Å². The van der Waals surface area contributed by atoms with Crippen LogP contribution in [0.1, 0.15) is 17.5 Å². The zero-order valence-electron chi connectivity index (χ0n) is 12.5. The molecular formula is C17H16F3NO2. The van der Waals surface area contributed by atoms with E-state index in [1.165, 1.54) is 18.2 Å². The molecule has 23 heavy (non-hydrogen) atoms. The molecule has 2 rings (SSSR count). The van der Waals surface area contributed by atoms with Gasteiger partial charge in [0.1, 0.15) is 5.75 Å². The van der Waals surface area contributed by atoms with Crippen LogP contribution in [-0.2, 0) is 11.0 Å². The number of nitrogens with one attached hydrogen (secondary N) is 1. The molecule has 0 heterocycles. The van der Waals surface area contributed by atoms with Crippen LogP contribution >= 0.6 is 0 Å². The first-order valence-electron chi connectivity index (χ1n) is 7.02. The number of alkyl halides is 3. The first kappa shape index (κ1) is 16.9. The molecule has 6 heteroatoms. The van der Waals surface area contributed by atoms with Crippen molar-refractivity contribution in [1.82, 2.24) is 0 Å². The number of ether oxygens (including phenoxy) is 1. The van der Waals surface area contributed by atoms with E-state index in [0.717, 1.165) is 11.6 Å². The Labute approximate surface area is 132 Å². The predicted molar refractivity (Wildman–Crippen MR) is 81.4 cm³/mol. The van der Waals surface area contributed by atoms with Crippen LogP contribution < -0.4 is 10.1 Å². The van der Waals surface area contributed by atoms with Crippen LogP contribution in [-0.4, -0.2) is 12.5 Å². The number of hydrogen-bond acceptors (Lipinski definition) is 2. The maximum absolute atomic E-state index is 12.8. The van der Waals surface area contributed by atoms with Crippen molar-refractivity contribution in [3.8, 4) is 5.75 Å². The summed E-state index contributed by atoms with van der Waals surface area (Å²) >= 11 is 0. The first-order chi connectivity index (χ1) is 10.9. The number of amides is 1. The highest BCUT2D eigenvalue weighted by atomic mass is 19.4. The maximum atomic E-state index is 12.8. The van der Waals surface area contributed by atoms with Gasteiger partial charge in [-0.2, -0.15) is 13.2 Å². The third kappa shape index (κ3) is 5.02. The molecule has 3 nitrogen and oxygen atoms in total. The van der Waals surface area contributed by atoms with Gasteiger partial charge in [-0.25, -0.2) is 0 Å². The topological polar surface area (TPSA) is 38.3 Å². The van der Waals surface area contributed by atoms with Gasteiger partial charge in [-0.1, -0.05) is 29.8 Å². The van der Waals surface area contributed by atoms with E-state index in [1.807, 2.05) is 19.1 Å². The molecular weight excluding hydrogens is 307 g/mol. The van der Waals surface area contributed by atoms with E-state index in [9.17, 15) is 18.0 Å². The minimum absolute atomic E-state index is 0.0416. The number of rotatable bonds is 5. The zero-order chi connectivity index (χ0) is 16.9. The van der Waals surface area contributed by atoms with E-state index < -0.39 is 17.6 Å².